The Kier molecular flexibility index (Phi) is 7.54. The van der Waals surface area contributed by atoms with E-state index in [0.717, 1.165) is 38.2 Å². The van der Waals surface area contributed by atoms with Crippen LogP contribution < -0.4 is 10.6 Å². The van der Waals surface area contributed by atoms with E-state index >= 15 is 0 Å². The van der Waals surface area contributed by atoms with Crippen LogP contribution in [0.1, 0.15) is 49.4 Å². The molecule has 0 saturated heterocycles. The van der Waals surface area contributed by atoms with Crippen LogP contribution in [0.2, 0.25) is 0 Å². The minimum atomic E-state index is -1.02. The van der Waals surface area contributed by atoms with Gasteiger partial charge in [-0.15, -0.1) is 0 Å². The number of aliphatic hydroxyl groups is 1. The first-order chi connectivity index (χ1) is 12.9. The molecule has 0 bridgehead atoms. The largest absolute Gasteiger partial charge is 0.449 e. The highest BCUT2D eigenvalue weighted by atomic mass is 16.6. The molecule has 0 aromatic heterocycles. The van der Waals surface area contributed by atoms with Gasteiger partial charge in [-0.1, -0.05) is 19.3 Å². The van der Waals surface area contributed by atoms with Gasteiger partial charge in [-0.3, -0.25) is 14.9 Å². The molecule has 1 saturated carbocycles. The zero-order valence-electron chi connectivity index (χ0n) is 15.3. The number of carbonyl (C=O) groups is 2. The number of nitrogens with one attached hydrogen (secondary N) is 2. The maximum Gasteiger partial charge on any atom is 0.341 e. The monoisotopic (exact) mass is 379 g/mol. The first-order valence-corrected chi connectivity index (χ1v) is 9.07. The zero-order chi connectivity index (χ0) is 19.8. The van der Waals surface area contributed by atoms with Crippen molar-refractivity contribution in [3.05, 3.63) is 33.9 Å². The lowest BCUT2D eigenvalue weighted by Gasteiger charge is -2.24. The molecule has 1 amide bonds. The van der Waals surface area contributed by atoms with Gasteiger partial charge in [0, 0.05) is 30.4 Å². The fourth-order valence-electron chi connectivity index (χ4n) is 3.00. The van der Waals surface area contributed by atoms with Crippen molar-refractivity contribution in [3.63, 3.8) is 0 Å². The van der Waals surface area contributed by atoms with E-state index in [0.29, 0.717) is 5.69 Å². The Bertz CT molecular complexity index is 688. The van der Waals surface area contributed by atoms with Gasteiger partial charge in [0.1, 0.15) is 0 Å². The number of anilines is 1. The number of amides is 1. The molecule has 9 heteroatoms. The molecule has 0 heterocycles. The first-order valence-electron chi connectivity index (χ1n) is 9.07. The van der Waals surface area contributed by atoms with Crippen molar-refractivity contribution < 1.29 is 24.4 Å². The quantitative estimate of drug-likeness (QED) is 0.358. The summed E-state index contributed by atoms with van der Waals surface area (Å²) in [6.45, 7) is 1.45. The van der Waals surface area contributed by atoms with Gasteiger partial charge < -0.3 is 20.5 Å². The molecule has 0 aliphatic heterocycles. The molecule has 1 aliphatic rings. The highest BCUT2D eigenvalue weighted by molar-refractivity contribution is 5.98. The number of ether oxygens (including phenoxy) is 1. The Balaban J connectivity index is 2.06. The van der Waals surface area contributed by atoms with Crippen LogP contribution in [0.4, 0.5) is 11.4 Å². The maximum atomic E-state index is 12.5. The molecule has 1 aromatic rings. The number of carbonyl (C=O) groups excluding carboxylic acids is 2. The minimum absolute atomic E-state index is 0.0602. The molecule has 1 aromatic carbocycles. The lowest BCUT2D eigenvalue weighted by Crippen LogP contribution is -2.42. The van der Waals surface area contributed by atoms with Crippen molar-refractivity contribution in [1.82, 2.24) is 5.32 Å². The summed E-state index contributed by atoms with van der Waals surface area (Å²) in [5, 5.41) is 25.6. The van der Waals surface area contributed by atoms with Crippen LogP contribution in [-0.4, -0.2) is 47.2 Å². The molecule has 27 heavy (non-hydrogen) atoms. The van der Waals surface area contributed by atoms with Crippen molar-refractivity contribution in [2.24, 2.45) is 0 Å². The van der Waals surface area contributed by atoms with Gasteiger partial charge in [0.05, 0.1) is 17.1 Å². The number of esters is 1. The summed E-state index contributed by atoms with van der Waals surface area (Å²) in [7, 11) is 0. The summed E-state index contributed by atoms with van der Waals surface area (Å²) in [4.78, 5) is 35.1. The SMILES string of the molecule is C[C@H](OC(=O)c1cc([N+](=O)[O-])ccc1NCCO)C(=O)NC1CCCCC1. The molecule has 1 fully saturated rings. The molecule has 0 unspecified atom stereocenters. The Morgan fingerprint density at radius 1 is 1.33 bits per heavy atom. The van der Waals surface area contributed by atoms with Gasteiger partial charge in [-0.05, 0) is 25.8 Å². The highest BCUT2D eigenvalue weighted by Crippen LogP contribution is 2.23. The molecule has 0 radical (unpaired) electrons. The van der Waals surface area contributed by atoms with Crippen molar-refractivity contribution in [1.29, 1.82) is 0 Å². The van der Waals surface area contributed by atoms with Crippen LogP contribution in [0, 0.1) is 10.1 Å². The molecule has 9 nitrogen and oxygen atoms in total. The first kappa shape index (κ1) is 20.6. The van der Waals surface area contributed by atoms with E-state index in [2.05, 4.69) is 10.6 Å². The van der Waals surface area contributed by atoms with Gasteiger partial charge in [0.25, 0.3) is 11.6 Å². The summed E-state index contributed by atoms with van der Waals surface area (Å²) >= 11 is 0. The second-order valence-corrected chi connectivity index (χ2v) is 6.53. The van der Waals surface area contributed by atoms with Crippen molar-refractivity contribution in [3.8, 4) is 0 Å². The molecule has 148 valence electrons. The lowest BCUT2D eigenvalue weighted by molar-refractivity contribution is -0.384. The van der Waals surface area contributed by atoms with Gasteiger partial charge in [0.2, 0.25) is 0 Å². The second-order valence-electron chi connectivity index (χ2n) is 6.53. The van der Waals surface area contributed by atoms with Crippen LogP contribution >= 0.6 is 0 Å². The van der Waals surface area contributed by atoms with Crippen LogP contribution in [0.25, 0.3) is 0 Å². The number of nitrogens with zero attached hydrogens (tertiary/aromatic N) is 1. The molecule has 2 rings (SSSR count). The third-order valence-electron chi connectivity index (χ3n) is 4.47. The topological polar surface area (TPSA) is 131 Å². The summed E-state index contributed by atoms with van der Waals surface area (Å²) in [6, 6.07) is 3.80. The summed E-state index contributed by atoms with van der Waals surface area (Å²) in [5.41, 5.74) is -0.0367. The van der Waals surface area contributed by atoms with E-state index < -0.39 is 17.0 Å². The Hall–Kier alpha value is -2.68. The lowest BCUT2D eigenvalue weighted by atomic mass is 9.95. The van der Waals surface area contributed by atoms with Crippen LogP contribution in [0.5, 0.6) is 0 Å². The number of hydrogen-bond acceptors (Lipinski definition) is 7. The predicted molar refractivity (Wildman–Crippen MR) is 98.6 cm³/mol. The van der Waals surface area contributed by atoms with E-state index in [9.17, 15) is 19.7 Å². The van der Waals surface area contributed by atoms with Crippen LogP contribution in [-0.2, 0) is 9.53 Å². The average molecular weight is 379 g/mol. The van der Waals surface area contributed by atoms with E-state index in [1.165, 1.54) is 19.1 Å². The highest BCUT2D eigenvalue weighted by Gasteiger charge is 2.25. The van der Waals surface area contributed by atoms with Crippen LogP contribution in [0.15, 0.2) is 18.2 Å². The number of aliphatic hydroxyl groups excluding tert-OH is 1. The maximum absolute atomic E-state index is 12.5. The van der Waals surface area contributed by atoms with Crippen molar-refractivity contribution in [2.75, 3.05) is 18.5 Å². The Morgan fingerprint density at radius 2 is 2.04 bits per heavy atom. The molecule has 3 N–H and O–H groups in total. The standard InChI is InChI=1S/C18H25N3O6/c1-12(17(23)20-13-5-3-2-4-6-13)27-18(24)15-11-14(21(25)26)7-8-16(15)19-9-10-22/h7-8,11-13,19,22H,2-6,9-10H2,1H3,(H,20,23)/t12-/m0/s1. The van der Waals surface area contributed by atoms with Gasteiger partial charge in [-0.25, -0.2) is 4.79 Å². The molecule has 1 atom stereocenters. The van der Waals surface area contributed by atoms with E-state index in [-0.39, 0.29) is 36.4 Å². The minimum Gasteiger partial charge on any atom is -0.449 e. The van der Waals surface area contributed by atoms with Gasteiger partial charge in [0.15, 0.2) is 6.10 Å². The third-order valence-corrected chi connectivity index (χ3v) is 4.47. The third kappa shape index (κ3) is 5.92. The van der Waals surface area contributed by atoms with Crippen molar-refractivity contribution >= 4 is 23.3 Å². The summed E-state index contributed by atoms with van der Waals surface area (Å²) in [6.07, 6.45) is 4.08. The van der Waals surface area contributed by atoms with E-state index in [1.54, 1.807) is 0 Å². The molecular formula is C18H25N3O6. The number of rotatable bonds is 8. The van der Waals surface area contributed by atoms with E-state index in [4.69, 9.17) is 9.84 Å². The van der Waals surface area contributed by atoms with Crippen molar-refractivity contribution in [2.45, 2.75) is 51.2 Å². The number of non-ortho nitro benzene ring substituents is 1. The summed E-state index contributed by atoms with van der Waals surface area (Å²) in [5.74, 6) is -1.23. The number of nitro benzene ring substituents is 1. The predicted octanol–water partition coefficient (Wildman–Crippen LogP) is 1.99. The normalized spacial score (nSPS) is 15.6. The second kappa shape index (κ2) is 9.86. The molecular weight excluding hydrogens is 354 g/mol. The fourth-order valence-corrected chi connectivity index (χ4v) is 3.00. The summed E-state index contributed by atoms with van der Waals surface area (Å²) < 4.78 is 5.22. The Labute approximate surface area is 157 Å². The van der Waals surface area contributed by atoms with Gasteiger partial charge >= 0.3 is 5.97 Å². The number of hydrogen-bond donors (Lipinski definition) is 3. The van der Waals surface area contributed by atoms with Crippen LogP contribution in [0.3, 0.4) is 0 Å². The number of benzene rings is 1. The Morgan fingerprint density at radius 3 is 2.67 bits per heavy atom. The zero-order valence-corrected chi connectivity index (χ0v) is 15.3. The van der Waals surface area contributed by atoms with E-state index in [1.807, 2.05) is 0 Å². The smallest absolute Gasteiger partial charge is 0.341 e. The molecule has 1 aliphatic carbocycles. The average Bonchev–Trinajstić information content (AvgIpc) is 2.66. The fraction of sp³-hybridized carbons (Fsp3) is 0.556. The van der Waals surface area contributed by atoms with Gasteiger partial charge in [-0.2, -0.15) is 0 Å². The molecule has 0 spiro atoms. The number of nitro groups is 1.